The zero-order chi connectivity index (χ0) is 19.8. The summed E-state index contributed by atoms with van der Waals surface area (Å²) in [5.41, 5.74) is 4.34. The zero-order valence-corrected chi connectivity index (χ0v) is 15.9. The van der Waals surface area contributed by atoms with Crippen LogP contribution in [0.1, 0.15) is 37.4 Å². The van der Waals surface area contributed by atoms with Gasteiger partial charge in [0.05, 0.1) is 0 Å². The smallest absolute Gasteiger partial charge is 0.251 e. The molecule has 0 saturated carbocycles. The minimum atomic E-state index is -0.192. The summed E-state index contributed by atoms with van der Waals surface area (Å²) in [5.74, 6) is -0.369. The summed E-state index contributed by atoms with van der Waals surface area (Å²) >= 11 is 0. The molecule has 3 rings (SSSR count). The predicted octanol–water partition coefficient (Wildman–Crippen LogP) is 3.90. The lowest BCUT2D eigenvalue weighted by atomic mass is 10.1. The monoisotopic (exact) mass is 372 g/mol. The van der Waals surface area contributed by atoms with E-state index in [1.54, 1.807) is 24.3 Å². The summed E-state index contributed by atoms with van der Waals surface area (Å²) in [5, 5.41) is 5.82. The van der Waals surface area contributed by atoms with Gasteiger partial charge in [-0.1, -0.05) is 60.7 Å². The number of carbonyl (C=O) groups excluding carboxylic acids is 2. The molecule has 2 amide bonds. The van der Waals surface area contributed by atoms with E-state index in [1.807, 2.05) is 61.5 Å². The van der Waals surface area contributed by atoms with E-state index < -0.39 is 0 Å². The Kier molecular flexibility index (Phi) is 6.58. The molecule has 0 fully saturated rings. The zero-order valence-electron chi connectivity index (χ0n) is 15.9. The third-order valence-electron chi connectivity index (χ3n) is 4.63. The highest BCUT2D eigenvalue weighted by Crippen LogP contribution is 2.09. The molecule has 0 aliphatic heterocycles. The molecule has 0 saturated heterocycles. The highest BCUT2D eigenvalue weighted by Gasteiger charge is 2.10. The van der Waals surface area contributed by atoms with Gasteiger partial charge in [-0.2, -0.15) is 0 Å². The first-order chi connectivity index (χ1) is 13.6. The van der Waals surface area contributed by atoms with Gasteiger partial charge in [0.1, 0.15) is 0 Å². The molecule has 0 aromatic heterocycles. The van der Waals surface area contributed by atoms with Gasteiger partial charge >= 0.3 is 0 Å². The molecule has 0 bridgehead atoms. The maximum Gasteiger partial charge on any atom is 0.251 e. The van der Waals surface area contributed by atoms with Gasteiger partial charge in [-0.25, -0.2) is 0 Å². The van der Waals surface area contributed by atoms with E-state index in [0.29, 0.717) is 24.2 Å². The lowest BCUT2D eigenvalue weighted by Crippen LogP contribution is -2.27. The third-order valence-corrected chi connectivity index (χ3v) is 4.63. The summed E-state index contributed by atoms with van der Waals surface area (Å²) in [4.78, 5) is 24.9. The van der Waals surface area contributed by atoms with Crippen molar-refractivity contribution < 1.29 is 9.59 Å². The molecule has 3 aromatic carbocycles. The van der Waals surface area contributed by atoms with Gasteiger partial charge in [0.15, 0.2) is 0 Å². The minimum absolute atomic E-state index is 0.176. The Hall–Kier alpha value is -3.40. The molecule has 0 aliphatic carbocycles. The molecular weight excluding hydrogens is 348 g/mol. The van der Waals surface area contributed by atoms with Crippen LogP contribution in [0.2, 0.25) is 0 Å². The molecule has 0 heterocycles. The molecular formula is C24H24N2O2. The van der Waals surface area contributed by atoms with Gasteiger partial charge in [0, 0.05) is 24.2 Å². The standard InChI is InChI=1S/C24H24N2O2/c1-18-8-5-6-11-22(18)17-26-24(28)21-13-7-12-20(16-21)23(27)25-15-14-19-9-3-2-4-10-19/h2-13,16H,14-15,17H2,1H3,(H,25,27)(H,26,28). The third kappa shape index (κ3) is 5.30. The molecule has 4 heteroatoms. The van der Waals surface area contributed by atoms with E-state index >= 15 is 0 Å². The molecule has 0 spiro atoms. The Morgan fingerprint density at radius 2 is 1.39 bits per heavy atom. The van der Waals surface area contributed by atoms with Crippen LogP contribution in [-0.2, 0) is 13.0 Å². The van der Waals surface area contributed by atoms with Crippen LogP contribution < -0.4 is 10.6 Å². The van der Waals surface area contributed by atoms with Crippen LogP contribution in [0.15, 0.2) is 78.9 Å². The Labute approximate surface area is 165 Å². The molecule has 0 aliphatic rings. The predicted molar refractivity (Wildman–Crippen MR) is 111 cm³/mol. The van der Waals surface area contributed by atoms with E-state index in [-0.39, 0.29) is 11.8 Å². The van der Waals surface area contributed by atoms with Crippen LogP contribution in [0.3, 0.4) is 0 Å². The summed E-state index contributed by atoms with van der Waals surface area (Å²) < 4.78 is 0. The summed E-state index contributed by atoms with van der Waals surface area (Å²) in [7, 11) is 0. The number of nitrogens with one attached hydrogen (secondary N) is 2. The maximum atomic E-state index is 12.5. The quantitative estimate of drug-likeness (QED) is 0.661. The second kappa shape index (κ2) is 9.51. The first kappa shape index (κ1) is 19.4. The van der Waals surface area contributed by atoms with Crippen molar-refractivity contribution in [2.45, 2.75) is 19.9 Å². The average Bonchev–Trinajstić information content (AvgIpc) is 2.74. The van der Waals surface area contributed by atoms with E-state index in [9.17, 15) is 9.59 Å². The normalized spacial score (nSPS) is 10.3. The summed E-state index contributed by atoms with van der Waals surface area (Å²) in [6.07, 6.45) is 0.767. The number of carbonyl (C=O) groups is 2. The number of hydrogen-bond donors (Lipinski definition) is 2. The fourth-order valence-electron chi connectivity index (χ4n) is 2.95. The Morgan fingerprint density at radius 1 is 0.750 bits per heavy atom. The molecule has 142 valence electrons. The van der Waals surface area contributed by atoms with Crippen LogP contribution in [0.4, 0.5) is 0 Å². The number of hydrogen-bond acceptors (Lipinski definition) is 2. The summed E-state index contributed by atoms with van der Waals surface area (Å²) in [6.45, 7) is 3.02. The van der Waals surface area contributed by atoms with Gasteiger partial charge in [0.2, 0.25) is 0 Å². The van der Waals surface area contributed by atoms with E-state index in [1.165, 1.54) is 5.56 Å². The highest BCUT2D eigenvalue weighted by atomic mass is 16.2. The van der Waals surface area contributed by atoms with Crippen LogP contribution in [0.5, 0.6) is 0 Å². The van der Waals surface area contributed by atoms with Crippen molar-refractivity contribution in [3.05, 3.63) is 107 Å². The van der Waals surface area contributed by atoms with Gasteiger partial charge in [0.25, 0.3) is 11.8 Å². The minimum Gasteiger partial charge on any atom is -0.352 e. The fraction of sp³-hybridized carbons (Fsp3) is 0.167. The van der Waals surface area contributed by atoms with Gasteiger partial charge in [-0.05, 0) is 48.2 Å². The number of aryl methyl sites for hydroxylation is 1. The molecule has 3 aromatic rings. The van der Waals surface area contributed by atoms with Crippen LogP contribution in [0.25, 0.3) is 0 Å². The first-order valence-corrected chi connectivity index (χ1v) is 9.38. The molecule has 2 N–H and O–H groups in total. The lowest BCUT2D eigenvalue weighted by Gasteiger charge is -2.09. The van der Waals surface area contributed by atoms with Crippen molar-refractivity contribution in [2.24, 2.45) is 0 Å². The van der Waals surface area contributed by atoms with Crippen molar-refractivity contribution >= 4 is 11.8 Å². The number of benzene rings is 3. The molecule has 28 heavy (non-hydrogen) atoms. The molecule has 0 unspecified atom stereocenters. The second-order valence-electron chi connectivity index (χ2n) is 6.68. The van der Waals surface area contributed by atoms with Gasteiger partial charge in [-0.15, -0.1) is 0 Å². The van der Waals surface area contributed by atoms with Crippen LogP contribution >= 0.6 is 0 Å². The average molecular weight is 372 g/mol. The highest BCUT2D eigenvalue weighted by molar-refractivity contribution is 5.99. The van der Waals surface area contributed by atoms with E-state index in [0.717, 1.165) is 17.5 Å². The Balaban J connectivity index is 1.55. The molecule has 4 nitrogen and oxygen atoms in total. The topological polar surface area (TPSA) is 58.2 Å². The Bertz CT molecular complexity index is 952. The maximum absolute atomic E-state index is 12.5. The van der Waals surface area contributed by atoms with E-state index in [2.05, 4.69) is 10.6 Å². The van der Waals surface area contributed by atoms with Crippen molar-refractivity contribution in [3.8, 4) is 0 Å². The Morgan fingerprint density at radius 3 is 2.11 bits per heavy atom. The van der Waals surface area contributed by atoms with Crippen molar-refractivity contribution in [3.63, 3.8) is 0 Å². The summed E-state index contributed by atoms with van der Waals surface area (Å²) in [6, 6.07) is 24.7. The number of rotatable bonds is 7. The van der Waals surface area contributed by atoms with Crippen molar-refractivity contribution in [1.82, 2.24) is 10.6 Å². The largest absolute Gasteiger partial charge is 0.352 e. The van der Waals surface area contributed by atoms with Crippen molar-refractivity contribution in [2.75, 3.05) is 6.54 Å². The van der Waals surface area contributed by atoms with Crippen molar-refractivity contribution in [1.29, 1.82) is 0 Å². The first-order valence-electron chi connectivity index (χ1n) is 9.38. The van der Waals surface area contributed by atoms with Gasteiger partial charge < -0.3 is 10.6 Å². The van der Waals surface area contributed by atoms with Crippen LogP contribution in [0, 0.1) is 6.92 Å². The second-order valence-corrected chi connectivity index (χ2v) is 6.68. The van der Waals surface area contributed by atoms with Crippen LogP contribution in [-0.4, -0.2) is 18.4 Å². The number of amides is 2. The lowest BCUT2D eigenvalue weighted by molar-refractivity contribution is 0.0950. The molecule has 0 radical (unpaired) electrons. The fourth-order valence-corrected chi connectivity index (χ4v) is 2.95. The SMILES string of the molecule is Cc1ccccc1CNC(=O)c1cccc(C(=O)NCCc2ccccc2)c1. The van der Waals surface area contributed by atoms with E-state index in [4.69, 9.17) is 0 Å². The molecule has 0 atom stereocenters. The van der Waals surface area contributed by atoms with Gasteiger partial charge in [-0.3, -0.25) is 9.59 Å².